The molecule has 1 amide bonds. The Morgan fingerprint density at radius 2 is 2.04 bits per heavy atom. The van der Waals surface area contributed by atoms with Crippen LogP contribution in [0.4, 0.5) is 5.13 Å². The Hall–Kier alpha value is -2.22. The fourth-order valence-corrected chi connectivity index (χ4v) is 3.87. The minimum Gasteiger partial charge on any atom is -0.496 e. The zero-order valence-electron chi connectivity index (χ0n) is 14.3. The molecule has 26 heavy (non-hydrogen) atoms. The molecule has 0 radical (unpaired) electrons. The molecule has 0 spiro atoms. The lowest BCUT2D eigenvalue weighted by molar-refractivity contribution is 0.0974. The van der Waals surface area contributed by atoms with E-state index >= 15 is 0 Å². The molecule has 5 nitrogen and oxygen atoms in total. The Labute approximate surface area is 165 Å². The maximum atomic E-state index is 12.5. The predicted octanol–water partition coefficient (Wildman–Crippen LogP) is 4.70. The standard InChI is InChI=1S/C18H16ClN3O2S2/c1-9-5-4-6-11(15(9)24-3)16(23)21-17(25)22-18-20-13-8-12(19)10(2)7-14(13)26-18/h4-8H,1-3H3,(H2,20,21,22,23,25). The van der Waals surface area contributed by atoms with Crippen LogP contribution in [0.15, 0.2) is 30.3 Å². The Bertz CT molecular complexity index is 978. The van der Waals surface area contributed by atoms with Crippen LogP contribution in [-0.2, 0) is 0 Å². The van der Waals surface area contributed by atoms with Crippen LogP contribution in [-0.4, -0.2) is 23.1 Å². The maximum absolute atomic E-state index is 12.5. The summed E-state index contributed by atoms with van der Waals surface area (Å²) in [6.07, 6.45) is 0. The third-order valence-electron chi connectivity index (χ3n) is 3.78. The summed E-state index contributed by atoms with van der Waals surface area (Å²) in [5.41, 5.74) is 3.06. The first-order chi connectivity index (χ1) is 12.4. The molecule has 0 bridgehead atoms. The molecule has 134 valence electrons. The van der Waals surface area contributed by atoms with Gasteiger partial charge in [-0.05, 0) is 55.4 Å². The van der Waals surface area contributed by atoms with Crippen LogP contribution < -0.4 is 15.4 Å². The lowest BCUT2D eigenvalue weighted by atomic mass is 10.1. The molecular weight excluding hydrogens is 390 g/mol. The number of aromatic nitrogens is 1. The molecule has 1 aromatic heterocycles. The quantitative estimate of drug-likeness (QED) is 0.618. The van der Waals surface area contributed by atoms with Gasteiger partial charge >= 0.3 is 0 Å². The first kappa shape index (κ1) is 18.6. The highest BCUT2D eigenvalue weighted by Crippen LogP contribution is 2.30. The third kappa shape index (κ3) is 3.80. The van der Waals surface area contributed by atoms with Gasteiger partial charge in [-0.15, -0.1) is 0 Å². The molecule has 1 heterocycles. The normalized spacial score (nSPS) is 10.6. The molecule has 2 aromatic carbocycles. The van der Waals surface area contributed by atoms with Crippen LogP contribution in [0.5, 0.6) is 5.75 Å². The molecule has 8 heteroatoms. The van der Waals surface area contributed by atoms with E-state index in [0.29, 0.717) is 21.5 Å². The van der Waals surface area contributed by atoms with E-state index < -0.39 is 0 Å². The van der Waals surface area contributed by atoms with Gasteiger partial charge < -0.3 is 10.1 Å². The van der Waals surface area contributed by atoms with E-state index in [0.717, 1.165) is 21.3 Å². The lowest BCUT2D eigenvalue weighted by Gasteiger charge is -2.12. The number of hydrogen-bond acceptors (Lipinski definition) is 5. The second kappa shape index (κ2) is 7.57. The number of carbonyl (C=O) groups is 1. The van der Waals surface area contributed by atoms with Gasteiger partial charge in [0, 0.05) is 5.02 Å². The van der Waals surface area contributed by atoms with Crippen LogP contribution in [0.2, 0.25) is 5.02 Å². The van der Waals surface area contributed by atoms with Gasteiger partial charge in [0.05, 0.1) is 22.9 Å². The van der Waals surface area contributed by atoms with Gasteiger partial charge in [-0.3, -0.25) is 10.1 Å². The average molecular weight is 406 g/mol. The Morgan fingerprint density at radius 1 is 1.27 bits per heavy atom. The number of aryl methyl sites for hydroxylation is 2. The van der Waals surface area contributed by atoms with E-state index in [9.17, 15) is 4.79 Å². The van der Waals surface area contributed by atoms with Crippen LogP contribution in [0.25, 0.3) is 10.2 Å². The zero-order valence-corrected chi connectivity index (χ0v) is 16.7. The molecule has 0 unspecified atom stereocenters. The summed E-state index contributed by atoms with van der Waals surface area (Å²) < 4.78 is 6.30. The highest BCUT2D eigenvalue weighted by molar-refractivity contribution is 7.80. The third-order valence-corrected chi connectivity index (χ3v) is 5.32. The first-order valence-electron chi connectivity index (χ1n) is 7.71. The topological polar surface area (TPSA) is 63.2 Å². The number of hydrogen-bond donors (Lipinski definition) is 2. The summed E-state index contributed by atoms with van der Waals surface area (Å²) in [6, 6.07) is 9.14. The van der Waals surface area contributed by atoms with Crippen LogP contribution in [0, 0.1) is 13.8 Å². The van der Waals surface area contributed by atoms with Gasteiger partial charge in [0.1, 0.15) is 5.75 Å². The van der Waals surface area contributed by atoms with Crippen molar-refractivity contribution < 1.29 is 9.53 Å². The van der Waals surface area contributed by atoms with Crippen molar-refractivity contribution in [3.63, 3.8) is 0 Å². The van der Waals surface area contributed by atoms with E-state index in [2.05, 4.69) is 15.6 Å². The summed E-state index contributed by atoms with van der Waals surface area (Å²) >= 11 is 12.8. The molecule has 2 N–H and O–H groups in total. The molecule has 3 rings (SSSR count). The monoisotopic (exact) mass is 405 g/mol. The van der Waals surface area contributed by atoms with Crippen molar-refractivity contribution in [1.82, 2.24) is 10.3 Å². The van der Waals surface area contributed by atoms with Gasteiger partial charge in [-0.1, -0.05) is 35.1 Å². The number of amides is 1. The van der Waals surface area contributed by atoms with E-state index in [1.165, 1.54) is 18.4 Å². The van der Waals surface area contributed by atoms with Gasteiger partial charge in [-0.2, -0.15) is 0 Å². The number of rotatable bonds is 3. The fraction of sp³-hybridized carbons (Fsp3) is 0.167. The second-order valence-corrected chi connectivity index (χ2v) is 7.50. The Kier molecular flexibility index (Phi) is 5.41. The number of halogens is 1. The van der Waals surface area contributed by atoms with E-state index in [1.807, 2.05) is 32.0 Å². The number of nitrogens with zero attached hydrogens (tertiary/aromatic N) is 1. The summed E-state index contributed by atoms with van der Waals surface area (Å²) in [6.45, 7) is 3.81. The van der Waals surface area contributed by atoms with Gasteiger partial charge in [0.15, 0.2) is 10.2 Å². The van der Waals surface area contributed by atoms with Crippen molar-refractivity contribution in [3.8, 4) is 5.75 Å². The van der Waals surface area contributed by atoms with Gasteiger partial charge in [0.25, 0.3) is 5.91 Å². The van der Waals surface area contributed by atoms with Crippen LogP contribution >= 0.6 is 35.2 Å². The highest BCUT2D eigenvalue weighted by atomic mass is 35.5. The first-order valence-corrected chi connectivity index (χ1v) is 9.32. The SMILES string of the molecule is COc1c(C)cccc1C(=O)NC(=S)Nc1nc2cc(Cl)c(C)cc2s1. The fourth-order valence-electron chi connectivity index (χ4n) is 2.50. The molecule has 0 aliphatic rings. The molecule has 0 saturated carbocycles. The second-order valence-electron chi connectivity index (χ2n) is 5.65. The molecule has 0 aliphatic heterocycles. The van der Waals surface area contributed by atoms with E-state index in [1.54, 1.807) is 12.1 Å². The van der Waals surface area contributed by atoms with Gasteiger partial charge in [-0.25, -0.2) is 4.98 Å². The van der Waals surface area contributed by atoms with Gasteiger partial charge in [0.2, 0.25) is 0 Å². The van der Waals surface area contributed by atoms with Crippen LogP contribution in [0.1, 0.15) is 21.5 Å². The Morgan fingerprint density at radius 3 is 2.77 bits per heavy atom. The molecule has 0 fully saturated rings. The number of methoxy groups -OCH3 is 1. The largest absolute Gasteiger partial charge is 0.496 e. The summed E-state index contributed by atoms with van der Waals surface area (Å²) in [4.78, 5) is 16.9. The molecule has 0 saturated heterocycles. The number of carbonyl (C=O) groups excluding carboxylic acids is 1. The summed E-state index contributed by atoms with van der Waals surface area (Å²) in [5.74, 6) is 0.181. The Balaban J connectivity index is 1.75. The number of benzene rings is 2. The number of fused-ring (bicyclic) bond motifs is 1. The molecule has 0 aliphatic carbocycles. The number of ether oxygens (including phenoxy) is 1. The smallest absolute Gasteiger partial charge is 0.261 e. The average Bonchev–Trinajstić information content (AvgIpc) is 2.95. The number of thiocarbonyl (C=S) groups is 1. The number of nitrogens with one attached hydrogen (secondary N) is 2. The lowest BCUT2D eigenvalue weighted by Crippen LogP contribution is -2.34. The molecular formula is C18H16ClN3O2S2. The number of thiazole rings is 1. The van der Waals surface area contributed by atoms with E-state index in [4.69, 9.17) is 28.6 Å². The minimum atomic E-state index is -0.344. The number of anilines is 1. The minimum absolute atomic E-state index is 0.167. The van der Waals surface area contributed by atoms with Crippen molar-refractivity contribution in [2.45, 2.75) is 13.8 Å². The van der Waals surface area contributed by atoms with Crippen molar-refractivity contribution in [3.05, 3.63) is 52.0 Å². The highest BCUT2D eigenvalue weighted by Gasteiger charge is 2.16. The predicted molar refractivity (Wildman–Crippen MR) is 111 cm³/mol. The van der Waals surface area contributed by atoms with Crippen molar-refractivity contribution in [2.75, 3.05) is 12.4 Å². The maximum Gasteiger partial charge on any atom is 0.261 e. The summed E-state index contributed by atoms with van der Waals surface area (Å²) in [7, 11) is 1.53. The van der Waals surface area contributed by atoms with Crippen LogP contribution in [0.3, 0.4) is 0 Å². The zero-order chi connectivity index (χ0) is 18.8. The molecule has 3 aromatic rings. The van der Waals surface area contributed by atoms with Crippen molar-refractivity contribution >= 4 is 61.5 Å². The van der Waals surface area contributed by atoms with Crippen molar-refractivity contribution in [2.24, 2.45) is 0 Å². The number of para-hydroxylation sites is 1. The molecule has 0 atom stereocenters. The van der Waals surface area contributed by atoms with E-state index in [-0.39, 0.29) is 11.0 Å². The van der Waals surface area contributed by atoms with Crippen molar-refractivity contribution in [1.29, 1.82) is 0 Å². The summed E-state index contributed by atoms with van der Waals surface area (Å²) in [5, 5.41) is 7.02.